The maximum Gasteiger partial charge on any atom is 0.198 e. The smallest absolute Gasteiger partial charge is 0.198 e. The molecule has 0 atom stereocenters. The van der Waals surface area contributed by atoms with E-state index < -0.39 is 0 Å². The van der Waals surface area contributed by atoms with Gasteiger partial charge in [0.15, 0.2) is 17.3 Å². The van der Waals surface area contributed by atoms with Crippen LogP contribution < -0.4 is 9.47 Å². The lowest BCUT2D eigenvalue weighted by molar-refractivity contribution is 0.103. The average Bonchev–Trinajstić information content (AvgIpc) is 2.62. The molecule has 0 aliphatic heterocycles. The molecule has 1 heterocycles. The van der Waals surface area contributed by atoms with E-state index in [1.807, 2.05) is 13.8 Å². The molecule has 0 unspecified atom stereocenters. The van der Waals surface area contributed by atoms with E-state index >= 15 is 0 Å². The van der Waals surface area contributed by atoms with Crippen molar-refractivity contribution in [1.29, 1.82) is 0 Å². The number of pyridine rings is 1. The maximum atomic E-state index is 12.7. The fraction of sp³-hybridized carbons (Fsp3) is 0.200. The summed E-state index contributed by atoms with van der Waals surface area (Å²) in [6.45, 7) is 4.27. The summed E-state index contributed by atoms with van der Waals surface area (Å²) in [5.41, 5.74) is 2.27. The van der Waals surface area contributed by atoms with Crippen molar-refractivity contribution in [3.63, 3.8) is 0 Å². The van der Waals surface area contributed by atoms with Crippen LogP contribution in [0, 0.1) is 6.92 Å². The highest BCUT2D eigenvalue weighted by Gasteiger charge is 2.16. The van der Waals surface area contributed by atoms with Gasteiger partial charge in [0.25, 0.3) is 0 Å². The van der Waals surface area contributed by atoms with Crippen LogP contribution in [0.25, 0.3) is 10.9 Å². The van der Waals surface area contributed by atoms with E-state index in [9.17, 15) is 9.90 Å². The zero-order valence-electron chi connectivity index (χ0n) is 14.4. The van der Waals surface area contributed by atoms with E-state index in [4.69, 9.17) is 9.47 Å². The Bertz CT molecular complexity index is 950. The predicted molar refractivity (Wildman–Crippen MR) is 95.7 cm³/mol. The van der Waals surface area contributed by atoms with Crippen LogP contribution in [-0.4, -0.2) is 29.6 Å². The number of aryl methyl sites for hydroxylation is 1. The molecule has 0 aliphatic rings. The van der Waals surface area contributed by atoms with Crippen LogP contribution in [0.1, 0.15) is 28.4 Å². The fourth-order valence-corrected chi connectivity index (χ4v) is 2.68. The van der Waals surface area contributed by atoms with Gasteiger partial charge in [-0.2, -0.15) is 0 Å². The Balaban J connectivity index is 2.08. The van der Waals surface area contributed by atoms with Gasteiger partial charge in [-0.15, -0.1) is 0 Å². The molecule has 0 saturated heterocycles. The molecule has 0 fully saturated rings. The number of fused-ring (bicyclic) bond motifs is 1. The Morgan fingerprint density at radius 3 is 2.68 bits per heavy atom. The maximum absolute atomic E-state index is 12.7. The number of nitrogens with zero attached hydrogens (tertiary/aromatic N) is 1. The number of hydrogen-bond acceptors (Lipinski definition) is 5. The Kier molecular flexibility index (Phi) is 4.57. The van der Waals surface area contributed by atoms with Crippen molar-refractivity contribution in [2.24, 2.45) is 0 Å². The van der Waals surface area contributed by atoms with E-state index in [1.165, 1.54) is 12.3 Å². The van der Waals surface area contributed by atoms with Crippen molar-refractivity contribution < 1.29 is 19.4 Å². The van der Waals surface area contributed by atoms with Crippen LogP contribution in [0.15, 0.2) is 42.6 Å². The highest BCUT2D eigenvalue weighted by Crippen LogP contribution is 2.32. The highest BCUT2D eigenvalue weighted by atomic mass is 16.5. The van der Waals surface area contributed by atoms with Crippen molar-refractivity contribution in [1.82, 2.24) is 4.98 Å². The van der Waals surface area contributed by atoms with Crippen LogP contribution in [0.4, 0.5) is 0 Å². The van der Waals surface area contributed by atoms with E-state index in [0.717, 1.165) is 10.9 Å². The molecule has 3 rings (SSSR count). The van der Waals surface area contributed by atoms with Crippen LogP contribution in [0.3, 0.4) is 0 Å². The van der Waals surface area contributed by atoms with Gasteiger partial charge in [-0.3, -0.25) is 9.78 Å². The lowest BCUT2D eigenvalue weighted by Crippen LogP contribution is -2.03. The van der Waals surface area contributed by atoms with Gasteiger partial charge in [0.1, 0.15) is 5.75 Å². The van der Waals surface area contributed by atoms with Gasteiger partial charge >= 0.3 is 0 Å². The lowest BCUT2D eigenvalue weighted by Gasteiger charge is -2.11. The third-order valence-electron chi connectivity index (χ3n) is 3.93. The number of methoxy groups -OCH3 is 1. The number of benzene rings is 2. The zero-order chi connectivity index (χ0) is 18.0. The van der Waals surface area contributed by atoms with Gasteiger partial charge in [-0.1, -0.05) is 11.6 Å². The average molecular weight is 337 g/mol. The number of aromatic nitrogens is 1. The van der Waals surface area contributed by atoms with Gasteiger partial charge in [0, 0.05) is 23.2 Å². The summed E-state index contributed by atoms with van der Waals surface area (Å²) in [5.74, 6) is 0.879. The number of phenols is 1. The van der Waals surface area contributed by atoms with Gasteiger partial charge in [0.05, 0.1) is 24.8 Å². The number of aromatic hydroxyl groups is 1. The summed E-state index contributed by atoms with van der Waals surface area (Å²) < 4.78 is 10.9. The highest BCUT2D eigenvalue weighted by molar-refractivity contribution is 6.11. The molecular weight excluding hydrogens is 318 g/mol. The molecule has 0 bridgehead atoms. The standard InChI is InChI=1S/C20H19NO4/c1-4-25-19-9-13-8-14(11-21-16(13)10-18(19)24-3)20(23)15-7-12(2)5-6-17(15)22/h5-11,22H,4H2,1-3H3. The summed E-state index contributed by atoms with van der Waals surface area (Å²) in [6, 6.07) is 10.3. The van der Waals surface area contributed by atoms with Gasteiger partial charge in [-0.05, 0) is 38.1 Å². The number of rotatable bonds is 5. The first-order valence-electron chi connectivity index (χ1n) is 7.98. The molecule has 1 N–H and O–H groups in total. The first-order valence-corrected chi connectivity index (χ1v) is 7.98. The molecule has 3 aromatic rings. The van der Waals surface area contributed by atoms with Crippen LogP contribution in [-0.2, 0) is 0 Å². The number of carbonyl (C=O) groups is 1. The van der Waals surface area contributed by atoms with E-state index in [0.29, 0.717) is 29.2 Å². The van der Waals surface area contributed by atoms with E-state index in [2.05, 4.69) is 4.98 Å². The van der Waals surface area contributed by atoms with Crippen molar-refractivity contribution in [2.45, 2.75) is 13.8 Å². The van der Waals surface area contributed by atoms with Crippen molar-refractivity contribution >= 4 is 16.7 Å². The van der Waals surface area contributed by atoms with Gasteiger partial charge in [0.2, 0.25) is 0 Å². The minimum atomic E-state index is -0.274. The van der Waals surface area contributed by atoms with Crippen LogP contribution in [0.2, 0.25) is 0 Å². The minimum absolute atomic E-state index is 0.0413. The first kappa shape index (κ1) is 16.8. The quantitative estimate of drug-likeness (QED) is 0.715. The molecule has 0 amide bonds. The molecule has 5 nitrogen and oxygen atoms in total. The molecule has 128 valence electrons. The Morgan fingerprint density at radius 1 is 1.16 bits per heavy atom. The number of ether oxygens (including phenoxy) is 2. The predicted octanol–water partition coefficient (Wildman–Crippen LogP) is 3.89. The summed E-state index contributed by atoms with van der Waals surface area (Å²) in [4.78, 5) is 17.1. The summed E-state index contributed by atoms with van der Waals surface area (Å²) in [5, 5.41) is 10.8. The Labute approximate surface area is 145 Å². The SMILES string of the molecule is CCOc1cc2cc(C(=O)c3cc(C)ccc3O)cnc2cc1OC. The van der Waals surface area contributed by atoms with Crippen molar-refractivity contribution in [2.75, 3.05) is 13.7 Å². The molecule has 0 radical (unpaired) electrons. The topological polar surface area (TPSA) is 68.7 Å². The lowest BCUT2D eigenvalue weighted by atomic mass is 10.0. The van der Waals surface area contributed by atoms with Crippen LogP contribution >= 0.6 is 0 Å². The third kappa shape index (κ3) is 3.26. The first-order chi connectivity index (χ1) is 12.0. The molecule has 0 aliphatic carbocycles. The second-order valence-electron chi connectivity index (χ2n) is 5.70. The molecule has 0 saturated carbocycles. The van der Waals surface area contributed by atoms with E-state index in [1.54, 1.807) is 37.4 Å². The number of carbonyl (C=O) groups excluding carboxylic acids is 1. The zero-order valence-corrected chi connectivity index (χ0v) is 14.4. The molecule has 0 spiro atoms. The monoisotopic (exact) mass is 337 g/mol. The molecular formula is C20H19NO4. The molecule has 5 heteroatoms. The van der Waals surface area contributed by atoms with E-state index in [-0.39, 0.29) is 17.1 Å². The largest absolute Gasteiger partial charge is 0.507 e. The fourth-order valence-electron chi connectivity index (χ4n) is 2.68. The number of ketones is 1. The number of hydrogen-bond donors (Lipinski definition) is 1. The van der Waals surface area contributed by atoms with Crippen molar-refractivity contribution in [3.8, 4) is 17.2 Å². The second-order valence-corrected chi connectivity index (χ2v) is 5.70. The van der Waals surface area contributed by atoms with Crippen molar-refractivity contribution in [3.05, 3.63) is 59.3 Å². The third-order valence-corrected chi connectivity index (χ3v) is 3.93. The molecule has 2 aromatic carbocycles. The van der Waals surface area contributed by atoms with Crippen LogP contribution in [0.5, 0.6) is 17.2 Å². The summed E-state index contributed by atoms with van der Waals surface area (Å²) in [6.07, 6.45) is 1.51. The Morgan fingerprint density at radius 2 is 1.96 bits per heavy atom. The summed E-state index contributed by atoms with van der Waals surface area (Å²) in [7, 11) is 1.57. The van der Waals surface area contributed by atoms with Gasteiger partial charge < -0.3 is 14.6 Å². The number of phenolic OH excluding ortho intramolecular Hbond substituents is 1. The summed E-state index contributed by atoms with van der Waals surface area (Å²) >= 11 is 0. The second kappa shape index (κ2) is 6.81. The minimum Gasteiger partial charge on any atom is -0.507 e. The molecule has 25 heavy (non-hydrogen) atoms. The Hall–Kier alpha value is -3.08. The van der Waals surface area contributed by atoms with Gasteiger partial charge in [-0.25, -0.2) is 0 Å². The molecule has 1 aromatic heterocycles. The normalized spacial score (nSPS) is 10.7.